The van der Waals surface area contributed by atoms with Gasteiger partial charge in [-0.1, -0.05) is 30.3 Å². The highest BCUT2D eigenvalue weighted by molar-refractivity contribution is 5.94. The molecule has 0 aliphatic carbocycles. The summed E-state index contributed by atoms with van der Waals surface area (Å²) < 4.78 is 5.16. The Labute approximate surface area is 137 Å². The van der Waals surface area contributed by atoms with Gasteiger partial charge in [0.05, 0.1) is 7.11 Å². The minimum atomic E-state index is 0.178. The van der Waals surface area contributed by atoms with Gasteiger partial charge in [0.1, 0.15) is 5.75 Å². The average Bonchev–Trinajstić information content (AvgIpc) is 2.82. The number of carbonyl (C=O) groups excluding carboxylic acids is 1. The van der Waals surface area contributed by atoms with Crippen molar-refractivity contribution in [3.8, 4) is 5.75 Å². The number of benzene rings is 2. The van der Waals surface area contributed by atoms with E-state index in [0.717, 1.165) is 43.1 Å². The molecule has 0 unspecified atom stereocenters. The molecule has 1 heterocycles. The van der Waals surface area contributed by atoms with Crippen molar-refractivity contribution in [2.75, 3.05) is 25.1 Å². The lowest BCUT2D eigenvalue weighted by Crippen LogP contribution is -2.34. The molecule has 1 aliphatic heterocycles. The molecular formula is C19H22N2O2. The Hall–Kier alpha value is -2.33. The summed E-state index contributed by atoms with van der Waals surface area (Å²) in [4.78, 5) is 14.6. The Morgan fingerprint density at radius 1 is 1.17 bits per heavy atom. The largest absolute Gasteiger partial charge is 0.497 e. The Morgan fingerprint density at radius 2 is 1.96 bits per heavy atom. The second-order valence-electron chi connectivity index (χ2n) is 5.70. The summed E-state index contributed by atoms with van der Waals surface area (Å²) >= 11 is 0. The van der Waals surface area contributed by atoms with Crippen LogP contribution in [0.3, 0.4) is 0 Å². The van der Waals surface area contributed by atoms with Crippen LogP contribution in [0.2, 0.25) is 0 Å². The number of aryl methyl sites for hydroxylation is 1. The zero-order chi connectivity index (χ0) is 16.1. The maximum absolute atomic E-state index is 12.7. The van der Waals surface area contributed by atoms with Gasteiger partial charge >= 0.3 is 0 Å². The van der Waals surface area contributed by atoms with Crippen LogP contribution >= 0.6 is 0 Å². The molecule has 0 fully saturated rings. The number of anilines is 1. The van der Waals surface area contributed by atoms with E-state index in [2.05, 4.69) is 11.4 Å². The predicted octanol–water partition coefficient (Wildman–Crippen LogP) is 2.76. The minimum absolute atomic E-state index is 0.178. The lowest BCUT2D eigenvalue weighted by molar-refractivity contribution is -0.118. The van der Waals surface area contributed by atoms with Gasteiger partial charge in [-0.25, -0.2) is 0 Å². The molecule has 23 heavy (non-hydrogen) atoms. The van der Waals surface area contributed by atoms with Crippen molar-refractivity contribution in [2.45, 2.75) is 19.4 Å². The lowest BCUT2D eigenvalue weighted by Gasteiger charge is -2.22. The van der Waals surface area contributed by atoms with Gasteiger partial charge in [0, 0.05) is 31.7 Å². The maximum atomic E-state index is 12.7. The highest BCUT2D eigenvalue weighted by Gasteiger charge is 2.20. The van der Waals surface area contributed by atoms with Crippen molar-refractivity contribution in [1.29, 1.82) is 0 Å². The molecule has 120 valence electrons. The first kappa shape index (κ1) is 15.6. The normalized spacial score (nSPS) is 14.0. The number of nitrogens with one attached hydrogen (secondary N) is 1. The second-order valence-corrected chi connectivity index (χ2v) is 5.70. The van der Waals surface area contributed by atoms with E-state index in [4.69, 9.17) is 4.74 Å². The summed E-state index contributed by atoms with van der Waals surface area (Å²) in [6.07, 6.45) is 1.26. The molecule has 1 aliphatic rings. The summed E-state index contributed by atoms with van der Waals surface area (Å²) in [7, 11) is 1.66. The molecule has 4 nitrogen and oxygen atoms in total. The van der Waals surface area contributed by atoms with E-state index >= 15 is 0 Å². The van der Waals surface area contributed by atoms with Gasteiger partial charge in [0.15, 0.2) is 0 Å². The molecule has 4 heteroatoms. The zero-order valence-electron chi connectivity index (χ0n) is 13.4. The third-order valence-corrected chi connectivity index (χ3v) is 4.20. The number of para-hydroxylation sites is 1. The fourth-order valence-electron chi connectivity index (χ4n) is 2.90. The van der Waals surface area contributed by atoms with Crippen LogP contribution in [0.5, 0.6) is 5.75 Å². The molecule has 0 radical (unpaired) electrons. The molecule has 0 spiro atoms. The summed E-state index contributed by atoms with van der Waals surface area (Å²) in [5.41, 5.74) is 3.38. The smallest absolute Gasteiger partial charge is 0.227 e. The number of hydrogen-bond donors (Lipinski definition) is 1. The zero-order valence-corrected chi connectivity index (χ0v) is 13.4. The lowest BCUT2D eigenvalue weighted by atomic mass is 10.1. The van der Waals surface area contributed by atoms with E-state index in [1.54, 1.807) is 7.11 Å². The minimum Gasteiger partial charge on any atom is -0.497 e. The van der Waals surface area contributed by atoms with Crippen molar-refractivity contribution >= 4 is 11.6 Å². The highest BCUT2D eigenvalue weighted by atomic mass is 16.5. The van der Waals surface area contributed by atoms with Crippen LogP contribution in [0.1, 0.15) is 17.5 Å². The quantitative estimate of drug-likeness (QED) is 0.944. The average molecular weight is 310 g/mol. The Kier molecular flexibility index (Phi) is 4.93. The first-order valence-electron chi connectivity index (χ1n) is 8.00. The van der Waals surface area contributed by atoms with Crippen LogP contribution in [0.4, 0.5) is 5.69 Å². The number of nitrogens with zero attached hydrogens (tertiary/aromatic N) is 1. The fraction of sp³-hybridized carbons (Fsp3) is 0.316. The molecule has 3 rings (SSSR count). The van der Waals surface area contributed by atoms with E-state index < -0.39 is 0 Å². The number of hydrogen-bond acceptors (Lipinski definition) is 3. The number of ether oxygens (including phenoxy) is 1. The molecular weight excluding hydrogens is 288 g/mol. The van der Waals surface area contributed by atoms with Crippen LogP contribution in [0.15, 0.2) is 48.5 Å². The van der Waals surface area contributed by atoms with E-state index in [-0.39, 0.29) is 5.91 Å². The SMILES string of the molecule is COc1ccc(CCC(=O)N2CCNCc3ccccc32)cc1. The van der Waals surface area contributed by atoms with Gasteiger partial charge in [0.25, 0.3) is 0 Å². The van der Waals surface area contributed by atoms with Gasteiger partial charge in [-0.05, 0) is 35.7 Å². The number of amides is 1. The highest BCUT2D eigenvalue weighted by Crippen LogP contribution is 2.23. The van der Waals surface area contributed by atoms with Crippen molar-refractivity contribution in [2.24, 2.45) is 0 Å². The van der Waals surface area contributed by atoms with Gasteiger partial charge in [-0.15, -0.1) is 0 Å². The van der Waals surface area contributed by atoms with Crippen LogP contribution in [-0.4, -0.2) is 26.1 Å². The molecule has 0 atom stereocenters. The Balaban J connectivity index is 1.67. The first-order valence-corrected chi connectivity index (χ1v) is 8.00. The van der Waals surface area contributed by atoms with Crippen molar-refractivity contribution in [3.05, 3.63) is 59.7 Å². The molecule has 0 aromatic heterocycles. The standard InChI is InChI=1S/C19H22N2O2/c1-23-17-9-6-15(7-10-17)8-11-19(22)21-13-12-20-14-16-4-2-3-5-18(16)21/h2-7,9-10,20H,8,11-14H2,1H3. The maximum Gasteiger partial charge on any atom is 0.227 e. The summed E-state index contributed by atoms with van der Waals surface area (Å²) in [6, 6.07) is 16.0. The molecule has 0 saturated carbocycles. The molecule has 0 saturated heterocycles. The fourth-order valence-corrected chi connectivity index (χ4v) is 2.90. The van der Waals surface area contributed by atoms with E-state index in [1.165, 1.54) is 5.56 Å². The number of fused-ring (bicyclic) bond motifs is 1. The topological polar surface area (TPSA) is 41.6 Å². The van der Waals surface area contributed by atoms with Crippen LogP contribution in [0, 0.1) is 0 Å². The molecule has 0 bridgehead atoms. The van der Waals surface area contributed by atoms with E-state index in [9.17, 15) is 4.79 Å². The van der Waals surface area contributed by atoms with Crippen molar-refractivity contribution in [1.82, 2.24) is 5.32 Å². The van der Waals surface area contributed by atoms with Gasteiger partial charge in [-0.2, -0.15) is 0 Å². The third-order valence-electron chi connectivity index (χ3n) is 4.20. The van der Waals surface area contributed by atoms with Crippen molar-refractivity contribution in [3.63, 3.8) is 0 Å². The van der Waals surface area contributed by atoms with Gasteiger partial charge in [0.2, 0.25) is 5.91 Å². The Morgan fingerprint density at radius 3 is 2.74 bits per heavy atom. The summed E-state index contributed by atoms with van der Waals surface area (Å²) in [6.45, 7) is 2.36. The number of rotatable bonds is 4. The molecule has 2 aromatic carbocycles. The molecule has 1 N–H and O–H groups in total. The van der Waals surface area contributed by atoms with E-state index in [1.807, 2.05) is 47.4 Å². The predicted molar refractivity (Wildman–Crippen MR) is 91.8 cm³/mol. The second kappa shape index (κ2) is 7.29. The Bertz CT molecular complexity index is 667. The monoisotopic (exact) mass is 310 g/mol. The van der Waals surface area contributed by atoms with Crippen LogP contribution in [0.25, 0.3) is 0 Å². The van der Waals surface area contributed by atoms with E-state index in [0.29, 0.717) is 6.42 Å². The molecule has 2 aromatic rings. The van der Waals surface area contributed by atoms with Crippen molar-refractivity contribution < 1.29 is 9.53 Å². The third kappa shape index (κ3) is 3.71. The number of carbonyl (C=O) groups is 1. The first-order chi connectivity index (χ1) is 11.3. The molecule has 1 amide bonds. The summed E-state index contributed by atoms with van der Waals surface area (Å²) in [5.74, 6) is 1.02. The van der Waals surface area contributed by atoms with Crippen LogP contribution < -0.4 is 15.0 Å². The van der Waals surface area contributed by atoms with Gasteiger partial charge in [-0.3, -0.25) is 4.79 Å². The summed E-state index contributed by atoms with van der Waals surface area (Å²) in [5, 5.41) is 3.37. The van der Waals surface area contributed by atoms with Gasteiger partial charge < -0.3 is 15.0 Å². The number of methoxy groups -OCH3 is 1. The van der Waals surface area contributed by atoms with Crippen LogP contribution in [-0.2, 0) is 17.8 Å².